The number of hydrogen-bond donors (Lipinski definition) is 2. The lowest BCUT2D eigenvalue weighted by atomic mass is 10.3. The molecule has 4 heterocycles. The molecular formula is C15H10N6OS2. The highest BCUT2D eigenvalue weighted by Gasteiger charge is 2.13. The molecule has 1 aromatic carbocycles. The predicted molar refractivity (Wildman–Crippen MR) is 94.6 cm³/mol. The Labute approximate surface area is 142 Å². The highest BCUT2D eigenvalue weighted by atomic mass is 32.2. The van der Waals surface area contributed by atoms with Crippen molar-refractivity contribution in [1.82, 2.24) is 29.5 Å². The normalized spacial score (nSPS) is 11.8. The van der Waals surface area contributed by atoms with Gasteiger partial charge in [0.1, 0.15) is 10.5 Å². The topological polar surface area (TPSA) is 91.7 Å². The van der Waals surface area contributed by atoms with Gasteiger partial charge in [0, 0.05) is 0 Å². The van der Waals surface area contributed by atoms with Gasteiger partial charge in [-0.15, -0.1) is 16.4 Å². The van der Waals surface area contributed by atoms with Crippen molar-refractivity contribution < 1.29 is 0 Å². The van der Waals surface area contributed by atoms with Gasteiger partial charge in [0.05, 0.1) is 22.3 Å². The van der Waals surface area contributed by atoms with Gasteiger partial charge in [-0.05, 0) is 23.6 Å². The first-order chi connectivity index (χ1) is 11.8. The summed E-state index contributed by atoms with van der Waals surface area (Å²) < 4.78 is 2.63. The SMILES string of the molecule is O=c1[nH]c(CSc2n[nH]c3nc4ccccc4n23)nc2ccsc12. The molecule has 0 saturated carbocycles. The lowest BCUT2D eigenvalue weighted by Gasteiger charge is -2.00. The maximum atomic E-state index is 12.0. The number of thioether (sulfide) groups is 1. The van der Waals surface area contributed by atoms with E-state index < -0.39 is 0 Å². The molecule has 5 aromatic rings. The van der Waals surface area contributed by atoms with Crippen LogP contribution in [0.5, 0.6) is 0 Å². The molecular weight excluding hydrogens is 344 g/mol. The van der Waals surface area contributed by atoms with Crippen LogP contribution in [0.15, 0.2) is 45.7 Å². The zero-order valence-corrected chi connectivity index (χ0v) is 13.8. The first kappa shape index (κ1) is 13.8. The molecule has 0 amide bonds. The van der Waals surface area contributed by atoms with E-state index in [0.717, 1.165) is 21.7 Å². The Kier molecular flexibility index (Phi) is 2.97. The quantitative estimate of drug-likeness (QED) is 0.486. The minimum absolute atomic E-state index is 0.0918. The van der Waals surface area contributed by atoms with Crippen molar-refractivity contribution in [1.29, 1.82) is 0 Å². The smallest absolute Gasteiger partial charge is 0.268 e. The minimum Gasteiger partial charge on any atom is -0.309 e. The number of para-hydroxylation sites is 2. The van der Waals surface area contributed by atoms with Gasteiger partial charge >= 0.3 is 0 Å². The van der Waals surface area contributed by atoms with E-state index in [1.165, 1.54) is 23.1 Å². The van der Waals surface area contributed by atoms with Crippen LogP contribution in [0.2, 0.25) is 0 Å². The largest absolute Gasteiger partial charge is 0.309 e. The maximum absolute atomic E-state index is 12.0. The summed E-state index contributed by atoms with van der Waals surface area (Å²) >= 11 is 2.90. The van der Waals surface area contributed by atoms with Gasteiger partial charge in [-0.2, -0.15) is 0 Å². The average molecular weight is 354 g/mol. The van der Waals surface area contributed by atoms with E-state index in [4.69, 9.17) is 0 Å². The summed E-state index contributed by atoms with van der Waals surface area (Å²) in [5, 5.41) is 9.91. The summed E-state index contributed by atoms with van der Waals surface area (Å²) in [6.07, 6.45) is 0. The summed E-state index contributed by atoms with van der Waals surface area (Å²) in [6.45, 7) is 0. The number of aromatic nitrogens is 6. The number of imidazole rings is 1. The molecule has 0 aliphatic rings. The number of nitrogens with one attached hydrogen (secondary N) is 2. The Balaban J connectivity index is 1.53. The standard InChI is InChI=1S/C15H10N6OS2/c22-13-12-9(5-6-23-12)16-11(18-13)7-24-15-20-19-14-17-8-3-1-2-4-10(8)21(14)15/h1-6H,7H2,(H,17,19)(H,16,18,22). The highest BCUT2D eigenvalue weighted by molar-refractivity contribution is 7.98. The molecule has 0 fully saturated rings. The summed E-state index contributed by atoms with van der Waals surface area (Å²) in [6, 6.07) is 9.77. The molecule has 0 spiro atoms. The van der Waals surface area contributed by atoms with Crippen LogP contribution in [-0.2, 0) is 5.75 Å². The highest BCUT2D eigenvalue weighted by Crippen LogP contribution is 2.25. The van der Waals surface area contributed by atoms with E-state index in [-0.39, 0.29) is 5.56 Å². The summed E-state index contributed by atoms with van der Waals surface area (Å²) in [5.74, 6) is 1.86. The van der Waals surface area contributed by atoms with Gasteiger partial charge in [0.25, 0.3) is 5.56 Å². The van der Waals surface area contributed by atoms with E-state index in [2.05, 4.69) is 25.1 Å². The van der Waals surface area contributed by atoms with Crippen molar-refractivity contribution in [3.05, 3.63) is 51.9 Å². The second-order valence-electron chi connectivity index (χ2n) is 5.20. The molecule has 0 radical (unpaired) electrons. The first-order valence-electron chi connectivity index (χ1n) is 7.20. The first-order valence-corrected chi connectivity index (χ1v) is 9.07. The third-order valence-electron chi connectivity index (χ3n) is 3.71. The van der Waals surface area contributed by atoms with E-state index in [1.807, 2.05) is 40.1 Å². The number of H-pyrrole nitrogens is 2. The van der Waals surface area contributed by atoms with Crippen molar-refractivity contribution in [3.8, 4) is 0 Å². The number of rotatable bonds is 3. The van der Waals surface area contributed by atoms with Crippen LogP contribution in [0, 0.1) is 0 Å². The zero-order chi connectivity index (χ0) is 16.1. The fourth-order valence-electron chi connectivity index (χ4n) is 2.66. The molecule has 0 atom stereocenters. The Morgan fingerprint density at radius 1 is 1.17 bits per heavy atom. The molecule has 5 rings (SSSR count). The Morgan fingerprint density at radius 2 is 2.08 bits per heavy atom. The van der Waals surface area contributed by atoms with Crippen LogP contribution < -0.4 is 5.56 Å². The van der Waals surface area contributed by atoms with Gasteiger partial charge in [-0.3, -0.25) is 9.20 Å². The summed E-state index contributed by atoms with van der Waals surface area (Å²) in [5.41, 5.74) is 2.56. The number of hydrogen-bond acceptors (Lipinski definition) is 6. The monoisotopic (exact) mass is 354 g/mol. The van der Waals surface area contributed by atoms with Crippen LogP contribution in [-0.4, -0.2) is 29.5 Å². The van der Waals surface area contributed by atoms with Crippen molar-refractivity contribution in [2.45, 2.75) is 10.9 Å². The molecule has 0 bridgehead atoms. The average Bonchev–Trinajstić information content (AvgIpc) is 3.28. The molecule has 0 aliphatic carbocycles. The fourth-order valence-corrected chi connectivity index (χ4v) is 4.21. The number of fused-ring (bicyclic) bond motifs is 4. The van der Waals surface area contributed by atoms with E-state index in [1.54, 1.807) is 0 Å². The zero-order valence-electron chi connectivity index (χ0n) is 12.2. The van der Waals surface area contributed by atoms with Crippen LogP contribution in [0.25, 0.3) is 27.0 Å². The van der Waals surface area contributed by atoms with Crippen LogP contribution in [0.3, 0.4) is 0 Å². The molecule has 0 aliphatic heterocycles. The Bertz CT molecular complexity index is 1250. The van der Waals surface area contributed by atoms with Gasteiger partial charge in [0.15, 0.2) is 5.16 Å². The molecule has 7 nitrogen and oxygen atoms in total. The molecule has 24 heavy (non-hydrogen) atoms. The predicted octanol–water partition coefficient (Wildman–Crippen LogP) is 2.80. The molecule has 9 heteroatoms. The number of benzene rings is 1. The fraction of sp³-hybridized carbons (Fsp3) is 0.0667. The summed E-state index contributed by atoms with van der Waals surface area (Å²) in [4.78, 5) is 23.9. The Morgan fingerprint density at radius 3 is 3.04 bits per heavy atom. The van der Waals surface area contributed by atoms with Crippen LogP contribution >= 0.6 is 23.1 Å². The lowest BCUT2D eigenvalue weighted by molar-refractivity contribution is 0.935. The van der Waals surface area contributed by atoms with Crippen molar-refractivity contribution in [2.75, 3.05) is 0 Å². The third-order valence-corrected chi connectivity index (χ3v) is 5.56. The maximum Gasteiger partial charge on any atom is 0.268 e. The van der Waals surface area contributed by atoms with Crippen LogP contribution in [0.1, 0.15) is 5.82 Å². The van der Waals surface area contributed by atoms with Crippen molar-refractivity contribution in [3.63, 3.8) is 0 Å². The minimum atomic E-state index is -0.0918. The van der Waals surface area contributed by atoms with Crippen molar-refractivity contribution in [2.24, 2.45) is 0 Å². The van der Waals surface area contributed by atoms with Gasteiger partial charge in [-0.1, -0.05) is 23.9 Å². The van der Waals surface area contributed by atoms with Crippen molar-refractivity contribution >= 4 is 50.1 Å². The summed E-state index contributed by atoms with van der Waals surface area (Å²) in [7, 11) is 0. The molecule has 4 aromatic heterocycles. The number of thiophene rings is 1. The molecule has 0 saturated heterocycles. The van der Waals surface area contributed by atoms with Gasteiger partial charge in [-0.25, -0.2) is 15.1 Å². The van der Waals surface area contributed by atoms with E-state index >= 15 is 0 Å². The second-order valence-corrected chi connectivity index (χ2v) is 7.06. The van der Waals surface area contributed by atoms with Gasteiger partial charge in [0.2, 0.25) is 5.78 Å². The molecule has 118 valence electrons. The Hall–Kier alpha value is -2.65. The molecule has 0 unspecified atom stereocenters. The lowest BCUT2D eigenvalue weighted by Crippen LogP contribution is -2.09. The number of nitrogens with zero attached hydrogens (tertiary/aromatic N) is 4. The van der Waals surface area contributed by atoms with E-state index in [9.17, 15) is 4.79 Å². The molecule has 2 N–H and O–H groups in total. The van der Waals surface area contributed by atoms with Gasteiger partial charge < -0.3 is 4.98 Å². The third kappa shape index (κ3) is 2.05. The van der Waals surface area contributed by atoms with E-state index in [0.29, 0.717) is 22.1 Å². The second kappa shape index (κ2) is 5.18. The number of aromatic amines is 2. The van der Waals surface area contributed by atoms with Crippen LogP contribution in [0.4, 0.5) is 0 Å².